The maximum atomic E-state index is 13.9. The van der Waals surface area contributed by atoms with Gasteiger partial charge in [0.15, 0.2) is 0 Å². The van der Waals surface area contributed by atoms with Gasteiger partial charge in [0.2, 0.25) is 5.95 Å². The van der Waals surface area contributed by atoms with Crippen LogP contribution in [0.15, 0.2) is 30.6 Å². The summed E-state index contributed by atoms with van der Waals surface area (Å²) >= 11 is 0. The van der Waals surface area contributed by atoms with Gasteiger partial charge < -0.3 is 24.7 Å². The fraction of sp³-hybridized carbons (Fsp3) is 0.455. The Morgan fingerprint density at radius 1 is 1.24 bits per heavy atom. The van der Waals surface area contributed by atoms with Gasteiger partial charge in [-0.15, -0.1) is 0 Å². The van der Waals surface area contributed by atoms with Crippen LogP contribution in [0.3, 0.4) is 0 Å². The van der Waals surface area contributed by atoms with Crippen molar-refractivity contribution in [1.29, 1.82) is 0 Å². The van der Waals surface area contributed by atoms with Crippen LogP contribution < -0.4 is 15.9 Å². The lowest BCUT2D eigenvalue weighted by Gasteiger charge is -2.24. The molecule has 8 nitrogen and oxygen atoms in total. The van der Waals surface area contributed by atoms with Crippen molar-refractivity contribution in [3.63, 3.8) is 0 Å². The highest BCUT2D eigenvalue weighted by atomic mass is 31.2. The summed E-state index contributed by atoms with van der Waals surface area (Å²) in [5.41, 5.74) is -0.625. The van der Waals surface area contributed by atoms with E-state index in [2.05, 4.69) is 25.6 Å². The summed E-state index contributed by atoms with van der Waals surface area (Å²) in [6, 6.07) is 4.87. The Balaban J connectivity index is 1.83. The van der Waals surface area contributed by atoms with Gasteiger partial charge in [-0.3, -0.25) is 4.57 Å². The lowest BCUT2D eigenvalue weighted by Crippen LogP contribution is -2.38. The van der Waals surface area contributed by atoms with Gasteiger partial charge in [0, 0.05) is 35.9 Å². The normalized spacial score (nSPS) is 17.3. The fourth-order valence-corrected chi connectivity index (χ4v) is 5.86. The zero-order chi connectivity index (χ0) is 24.3. The number of piperidine rings is 1. The van der Waals surface area contributed by atoms with Crippen LogP contribution in [0.25, 0.3) is 22.2 Å². The molecule has 2 aromatic heterocycles. The Morgan fingerprint density at radius 3 is 2.65 bits per heavy atom. The Bertz CT molecular complexity index is 1180. The first-order chi connectivity index (χ1) is 16.3. The lowest BCUT2D eigenvalue weighted by atomic mass is 10.1. The Kier molecular flexibility index (Phi) is 7.28. The van der Waals surface area contributed by atoms with E-state index in [-0.39, 0.29) is 41.8 Å². The molecule has 0 radical (unpaired) electrons. The number of nitrogens with one attached hydrogen (secondary N) is 3. The molecule has 1 fully saturated rings. The van der Waals surface area contributed by atoms with Crippen LogP contribution in [0.2, 0.25) is 0 Å². The van der Waals surface area contributed by atoms with E-state index in [0.717, 1.165) is 25.6 Å². The van der Waals surface area contributed by atoms with E-state index in [1.54, 1.807) is 32.0 Å². The second-order valence-corrected chi connectivity index (χ2v) is 9.87. The number of halogens is 3. The molecule has 1 aromatic carbocycles. The molecule has 0 saturated carbocycles. The molecular weight excluding hydrogens is 470 g/mol. The number of anilines is 1. The number of hydrogen-bond acceptors (Lipinski definition) is 7. The summed E-state index contributed by atoms with van der Waals surface area (Å²) in [5, 5.41) is 7.06. The summed E-state index contributed by atoms with van der Waals surface area (Å²) in [7, 11) is -3.68. The highest BCUT2D eigenvalue weighted by Crippen LogP contribution is 2.49. The third kappa shape index (κ3) is 4.98. The maximum Gasteiger partial charge on any atom is 0.419 e. The zero-order valence-electron chi connectivity index (χ0n) is 18.9. The van der Waals surface area contributed by atoms with Crippen LogP contribution in [0.1, 0.15) is 32.3 Å². The largest absolute Gasteiger partial charge is 0.419 e. The van der Waals surface area contributed by atoms with E-state index in [0.29, 0.717) is 17.4 Å². The molecule has 0 amide bonds. The Labute approximate surface area is 195 Å². The molecule has 0 spiro atoms. The van der Waals surface area contributed by atoms with Crippen LogP contribution in [-0.4, -0.2) is 47.3 Å². The van der Waals surface area contributed by atoms with Crippen molar-refractivity contribution in [3.05, 3.63) is 36.2 Å². The minimum atomic E-state index is -4.66. The number of aromatic amines is 1. The summed E-state index contributed by atoms with van der Waals surface area (Å²) < 4.78 is 66.0. The Hall–Kier alpha value is -2.46. The minimum absolute atomic E-state index is 0.0242. The zero-order valence-corrected chi connectivity index (χ0v) is 19.8. The first kappa shape index (κ1) is 24.7. The van der Waals surface area contributed by atoms with E-state index >= 15 is 0 Å². The number of H-pyrrole nitrogens is 1. The van der Waals surface area contributed by atoms with Gasteiger partial charge in [-0.1, -0.05) is 12.1 Å². The number of hydrogen-bond donors (Lipinski definition) is 3. The number of benzene rings is 1. The smallest absolute Gasteiger partial charge is 0.360 e. The van der Waals surface area contributed by atoms with Gasteiger partial charge in [0.05, 0.1) is 29.7 Å². The van der Waals surface area contributed by atoms with Crippen LogP contribution in [0.5, 0.6) is 0 Å². The predicted octanol–water partition coefficient (Wildman–Crippen LogP) is 4.70. The fourth-order valence-electron chi connectivity index (χ4n) is 4.10. The molecule has 1 saturated heterocycles. The number of fused-ring (bicyclic) bond motifs is 1. The van der Waals surface area contributed by atoms with Crippen LogP contribution in [0.4, 0.5) is 19.1 Å². The molecule has 4 rings (SSSR count). The molecule has 34 heavy (non-hydrogen) atoms. The number of alkyl halides is 3. The van der Waals surface area contributed by atoms with Crippen molar-refractivity contribution in [2.45, 2.75) is 38.9 Å². The van der Waals surface area contributed by atoms with Gasteiger partial charge in [-0.05, 0) is 39.3 Å². The summed E-state index contributed by atoms with van der Waals surface area (Å²) in [6.45, 7) is 5.27. The van der Waals surface area contributed by atoms with E-state index in [1.165, 1.54) is 6.20 Å². The molecule has 3 heterocycles. The maximum absolute atomic E-state index is 13.9. The van der Waals surface area contributed by atoms with Crippen LogP contribution in [0, 0.1) is 0 Å². The van der Waals surface area contributed by atoms with Crippen molar-refractivity contribution in [2.24, 2.45) is 0 Å². The molecule has 3 N–H and O–H groups in total. The number of aromatic nitrogens is 3. The summed E-state index contributed by atoms with van der Waals surface area (Å²) in [4.78, 5) is 11.2. The highest BCUT2D eigenvalue weighted by Gasteiger charge is 2.37. The molecule has 12 heteroatoms. The highest BCUT2D eigenvalue weighted by molar-refractivity contribution is 7.62. The van der Waals surface area contributed by atoms with Crippen LogP contribution >= 0.6 is 7.60 Å². The van der Waals surface area contributed by atoms with Gasteiger partial charge in [-0.25, -0.2) is 9.97 Å². The average Bonchev–Trinajstić information content (AvgIpc) is 3.23. The predicted molar refractivity (Wildman–Crippen MR) is 124 cm³/mol. The number of rotatable bonds is 8. The third-order valence-electron chi connectivity index (χ3n) is 5.57. The lowest BCUT2D eigenvalue weighted by molar-refractivity contribution is -0.137. The van der Waals surface area contributed by atoms with E-state index in [9.17, 15) is 17.7 Å². The number of para-hydroxylation sites is 1. The molecular formula is C22H27F3N5O3P. The standard InChI is InChI=1S/C22H27F3N5O3P/c1-3-32-34(31,33-4-2)18-9-5-8-15-16(12-27-20(15)18)19-17(22(23,24)25)13-28-21(30-19)29-14-7-6-10-26-11-14/h5,8-9,12-14,26-27H,3-4,6-7,10-11H2,1-2H3,(H,28,29,30)/t14-/m0/s1. The average molecular weight is 497 g/mol. The first-order valence-corrected chi connectivity index (χ1v) is 12.7. The van der Waals surface area contributed by atoms with Crippen LogP contribution in [-0.2, 0) is 19.8 Å². The van der Waals surface area contributed by atoms with Crippen molar-refractivity contribution in [3.8, 4) is 11.3 Å². The second-order valence-electron chi connectivity index (χ2n) is 7.88. The minimum Gasteiger partial charge on any atom is -0.360 e. The third-order valence-corrected chi connectivity index (χ3v) is 7.73. The van der Waals surface area contributed by atoms with Crippen molar-refractivity contribution in [1.82, 2.24) is 20.3 Å². The first-order valence-electron chi connectivity index (χ1n) is 11.2. The van der Waals surface area contributed by atoms with Crippen molar-refractivity contribution < 1.29 is 26.8 Å². The SMILES string of the molecule is CCOP(=O)(OCC)c1cccc2c(-c3nc(N[C@H]4CCCNC4)ncc3C(F)(F)F)c[nH]c12. The molecule has 184 valence electrons. The van der Waals surface area contributed by atoms with Gasteiger partial charge in [-0.2, -0.15) is 13.2 Å². The van der Waals surface area contributed by atoms with E-state index < -0.39 is 19.3 Å². The molecule has 1 atom stereocenters. The molecule has 1 aliphatic rings. The topological polar surface area (TPSA) is 101 Å². The molecule has 1 aliphatic heterocycles. The molecule has 0 aliphatic carbocycles. The van der Waals surface area contributed by atoms with Gasteiger partial charge in [0.1, 0.15) is 5.56 Å². The molecule has 0 unspecified atom stereocenters. The molecule has 0 bridgehead atoms. The Morgan fingerprint density at radius 2 is 2.00 bits per heavy atom. The van der Waals surface area contributed by atoms with E-state index in [1.807, 2.05) is 0 Å². The van der Waals surface area contributed by atoms with E-state index in [4.69, 9.17) is 9.05 Å². The summed E-state index contributed by atoms with van der Waals surface area (Å²) in [5.74, 6) is 0.122. The van der Waals surface area contributed by atoms with Crippen molar-refractivity contribution >= 4 is 29.8 Å². The van der Waals surface area contributed by atoms with Gasteiger partial charge in [0.25, 0.3) is 0 Å². The second kappa shape index (κ2) is 10.0. The molecule has 3 aromatic rings. The quantitative estimate of drug-likeness (QED) is 0.388. The summed E-state index contributed by atoms with van der Waals surface area (Å²) in [6.07, 6.45) is -0.606. The number of nitrogens with zero attached hydrogens (tertiary/aromatic N) is 2. The van der Waals surface area contributed by atoms with Crippen molar-refractivity contribution in [2.75, 3.05) is 31.6 Å². The van der Waals surface area contributed by atoms with Gasteiger partial charge >= 0.3 is 13.8 Å². The monoisotopic (exact) mass is 497 g/mol.